The van der Waals surface area contributed by atoms with Crippen LogP contribution in [0.2, 0.25) is 0 Å². The summed E-state index contributed by atoms with van der Waals surface area (Å²) in [6.07, 6.45) is 3.18. The largest absolute Gasteiger partial charge is 0.489 e. The minimum Gasteiger partial charge on any atom is -0.489 e. The zero-order valence-corrected chi connectivity index (χ0v) is 11.6. The number of hydrogen-bond acceptors (Lipinski definition) is 3. The standard InChI is InChI=1S/C15H22N2O2/c1-4-9-15(3,16)14(18)17-12-7-6-8-13(11-12)19-10-5-2/h5-8,11H,2,4,9-10,16H2,1,3H3,(H,17,18). The van der Waals surface area contributed by atoms with E-state index in [2.05, 4.69) is 11.9 Å². The van der Waals surface area contributed by atoms with Crippen molar-refractivity contribution in [3.05, 3.63) is 36.9 Å². The van der Waals surface area contributed by atoms with E-state index in [-0.39, 0.29) is 5.91 Å². The molecule has 0 aromatic heterocycles. The van der Waals surface area contributed by atoms with Gasteiger partial charge in [0.05, 0.1) is 5.54 Å². The molecule has 104 valence electrons. The van der Waals surface area contributed by atoms with Gasteiger partial charge >= 0.3 is 0 Å². The van der Waals surface area contributed by atoms with E-state index in [1.807, 2.05) is 19.1 Å². The Balaban J connectivity index is 2.71. The molecule has 0 aliphatic rings. The lowest BCUT2D eigenvalue weighted by molar-refractivity contribution is -0.120. The zero-order valence-electron chi connectivity index (χ0n) is 11.6. The Morgan fingerprint density at radius 1 is 1.58 bits per heavy atom. The monoisotopic (exact) mass is 262 g/mol. The molecule has 1 atom stereocenters. The van der Waals surface area contributed by atoms with E-state index in [1.165, 1.54) is 0 Å². The van der Waals surface area contributed by atoms with Gasteiger partial charge in [0.2, 0.25) is 5.91 Å². The summed E-state index contributed by atoms with van der Waals surface area (Å²) in [7, 11) is 0. The minimum absolute atomic E-state index is 0.185. The molecule has 3 N–H and O–H groups in total. The van der Waals surface area contributed by atoms with Crippen LogP contribution in [0.25, 0.3) is 0 Å². The molecular formula is C15H22N2O2. The van der Waals surface area contributed by atoms with Crippen molar-refractivity contribution in [2.24, 2.45) is 5.73 Å². The Labute approximate surface area is 114 Å². The molecule has 4 heteroatoms. The first-order chi connectivity index (χ1) is 8.99. The van der Waals surface area contributed by atoms with Crippen molar-refractivity contribution in [1.29, 1.82) is 0 Å². The average Bonchev–Trinajstić information content (AvgIpc) is 2.36. The molecule has 1 unspecified atom stereocenters. The van der Waals surface area contributed by atoms with Crippen molar-refractivity contribution in [3.63, 3.8) is 0 Å². The third-order valence-electron chi connectivity index (χ3n) is 2.75. The summed E-state index contributed by atoms with van der Waals surface area (Å²) in [6.45, 7) is 7.76. The predicted molar refractivity (Wildman–Crippen MR) is 78.3 cm³/mol. The van der Waals surface area contributed by atoms with Crippen molar-refractivity contribution in [2.45, 2.75) is 32.2 Å². The molecule has 0 spiro atoms. The summed E-state index contributed by atoms with van der Waals surface area (Å²) in [4.78, 5) is 12.1. The molecule has 19 heavy (non-hydrogen) atoms. The molecule has 0 heterocycles. The van der Waals surface area contributed by atoms with Crippen molar-refractivity contribution < 1.29 is 9.53 Å². The molecular weight excluding hydrogens is 240 g/mol. The molecule has 0 fully saturated rings. The highest BCUT2D eigenvalue weighted by Gasteiger charge is 2.27. The highest BCUT2D eigenvalue weighted by molar-refractivity contribution is 5.97. The summed E-state index contributed by atoms with van der Waals surface area (Å²) < 4.78 is 5.41. The van der Waals surface area contributed by atoms with E-state index in [4.69, 9.17) is 10.5 Å². The first-order valence-electron chi connectivity index (χ1n) is 6.43. The van der Waals surface area contributed by atoms with Gasteiger partial charge in [0.1, 0.15) is 12.4 Å². The zero-order chi connectivity index (χ0) is 14.3. The number of carbonyl (C=O) groups excluding carboxylic acids is 1. The number of nitrogens with two attached hydrogens (primary N) is 1. The lowest BCUT2D eigenvalue weighted by Crippen LogP contribution is -2.48. The maximum atomic E-state index is 12.1. The summed E-state index contributed by atoms with van der Waals surface area (Å²) in [6, 6.07) is 7.22. The van der Waals surface area contributed by atoms with Crippen molar-refractivity contribution in [2.75, 3.05) is 11.9 Å². The molecule has 4 nitrogen and oxygen atoms in total. The van der Waals surface area contributed by atoms with E-state index < -0.39 is 5.54 Å². The smallest absolute Gasteiger partial charge is 0.244 e. The van der Waals surface area contributed by atoms with Gasteiger partial charge in [-0.1, -0.05) is 32.1 Å². The topological polar surface area (TPSA) is 64.3 Å². The maximum Gasteiger partial charge on any atom is 0.244 e. The lowest BCUT2D eigenvalue weighted by atomic mass is 9.96. The van der Waals surface area contributed by atoms with Gasteiger partial charge in [0.15, 0.2) is 0 Å². The van der Waals surface area contributed by atoms with Crippen LogP contribution in [0.1, 0.15) is 26.7 Å². The number of rotatable bonds is 7. The molecule has 0 bridgehead atoms. The van der Waals surface area contributed by atoms with Crippen LogP contribution in [-0.2, 0) is 4.79 Å². The van der Waals surface area contributed by atoms with Gasteiger partial charge in [-0.2, -0.15) is 0 Å². The minimum atomic E-state index is -0.854. The Morgan fingerprint density at radius 3 is 2.95 bits per heavy atom. The Bertz CT molecular complexity index is 442. The fraction of sp³-hybridized carbons (Fsp3) is 0.400. The molecule has 1 amide bonds. The van der Waals surface area contributed by atoms with E-state index in [9.17, 15) is 4.79 Å². The van der Waals surface area contributed by atoms with Gasteiger partial charge in [-0.15, -0.1) is 0 Å². The number of hydrogen-bond donors (Lipinski definition) is 2. The molecule has 0 aliphatic heterocycles. The van der Waals surface area contributed by atoms with E-state index in [1.54, 1.807) is 25.1 Å². The predicted octanol–water partition coefficient (Wildman–Crippen LogP) is 2.71. The Hall–Kier alpha value is -1.81. The molecule has 1 aromatic carbocycles. The van der Waals surface area contributed by atoms with Crippen LogP contribution < -0.4 is 15.8 Å². The molecule has 0 aliphatic carbocycles. The second kappa shape index (κ2) is 6.95. The van der Waals surface area contributed by atoms with Crippen molar-refractivity contribution in [1.82, 2.24) is 0 Å². The quantitative estimate of drug-likeness (QED) is 0.743. The number of nitrogens with one attached hydrogen (secondary N) is 1. The number of anilines is 1. The number of ether oxygens (including phenoxy) is 1. The fourth-order valence-electron chi connectivity index (χ4n) is 1.73. The first-order valence-corrected chi connectivity index (χ1v) is 6.43. The summed E-state index contributed by atoms with van der Waals surface area (Å²) in [5.74, 6) is 0.502. The van der Waals surface area contributed by atoms with Gasteiger partial charge in [-0.25, -0.2) is 0 Å². The van der Waals surface area contributed by atoms with Gasteiger partial charge < -0.3 is 15.8 Å². The van der Waals surface area contributed by atoms with Crippen LogP contribution in [0.5, 0.6) is 5.75 Å². The van der Waals surface area contributed by atoms with Crippen molar-refractivity contribution >= 4 is 11.6 Å². The number of amides is 1. The molecule has 1 aromatic rings. The Kier molecular flexibility index (Phi) is 5.57. The highest BCUT2D eigenvalue weighted by Crippen LogP contribution is 2.19. The molecule has 0 radical (unpaired) electrons. The van der Waals surface area contributed by atoms with Gasteiger partial charge in [-0.3, -0.25) is 4.79 Å². The molecule has 1 rings (SSSR count). The van der Waals surface area contributed by atoms with Crippen LogP contribution in [-0.4, -0.2) is 18.1 Å². The van der Waals surface area contributed by atoms with Gasteiger partial charge in [0, 0.05) is 11.8 Å². The van der Waals surface area contributed by atoms with E-state index in [0.717, 1.165) is 6.42 Å². The van der Waals surface area contributed by atoms with Crippen LogP contribution in [0, 0.1) is 0 Å². The van der Waals surface area contributed by atoms with Crippen LogP contribution in [0.3, 0.4) is 0 Å². The van der Waals surface area contributed by atoms with Crippen molar-refractivity contribution in [3.8, 4) is 5.75 Å². The van der Waals surface area contributed by atoms with Gasteiger partial charge in [-0.05, 0) is 25.5 Å². The number of carbonyl (C=O) groups is 1. The van der Waals surface area contributed by atoms with E-state index >= 15 is 0 Å². The van der Waals surface area contributed by atoms with Crippen LogP contribution in [0.4, 0.5) is 5.69 Å². The van der Waals surface area contributed by atoms with Gasteiger partial charge in [0.25, 0.3) is 0 Å². The average molecular weight is 262 g/mol. The first kappa shape index (κ1) is 15.2. The summed E-state index contributed by atoms with van der Waals surface area (Å²) in [5, 5.41) is 2.81. The lowest BCUT2D eigenvalue weighted by Gasteiger charge is -2.22. The van der Waals surface area contributed by atoms with Crippen LogP contribution >= 0.6 is 0 Å². The second-order valence-corrected chi connectivity index (χ2v) is 4.75. The number of benzene rings is 1. The summed E-state index contributed by atoms with van der Waals surface area (Å²) in [5.41, 5.74) is 5.81. The Morgan fingerprint density at radius 2 is 2.32 bits per heavy atom. The van der Waals surface area contributed by atoms with E-state index in [0.29, 0.717) is 24.5 Å². The molecule has 0 saturated heterocycles. The maximum absolute atomic E-state index is 12.1. The van der Waals surface area contributed by atoms with Crippen LogP contribution in [0.15, 0.2) is 36.9 Å². The highest BCUT2D eigenvalue weighted by atomic mass is 16.5. The normalized spacial score (nSPS) is 13.4. The second-order valence-electron chi connectivity index (χ2n) is 4.75. The SMILES string of the molecule is C=CCOc1cccc(NC(=O)C(C)(N)CCC)c1. The summed E-state index contributed by atoms with van der Waals surface area (Å²) >= 11 is 0. The fourth-order valence-corrected chi connectivity index (χ4v) is 1.73. The third kappa shape index (κ3) is 4.75. The third-order valence-corrected chi connectivity index (χ3v) is 2.75. The molecule has 0 saturated carbocycles.